The number of carbonyl (C=O) groups is 3. The van der Waals surface area contributed by atoms with Gasteiger partial charge >= 0.3 is 17.8 Å². The van der Waals surface area contributed by atoms with Crippen LogP contribution in [0.1, 0.15) is 6.92 Å². The van der Waals surface area contributed by atoms with Gasteiger partial charge in [-0.25, -0.2) is 0 Å². The molecule has 1 heterocycles. The zero-order valence-corrected chi connectivity index (χ0v) is 8.66. The van der Waals surface area contributed by atoms with Gasteiger partial charge in [-0.2, -0.15) is 0 Å². The summed E-state index contributed by atoms with van der Waals surface area (Å²) in [5.74, 6) is -1.88. The third-order valence-corrected chi connectivity index (χ3v) is 1.71. The number of amides is 2. The third-order valence-electron chi connectivity index (χ3n) is 1.71. The number of carboxylic acid groups (broad SMARTS) is 1. The number of hydrogen-bond donors (Lipinski definition) is 4. The summed E-state index contributed by atoms with van der Waals surface area (Å²) in [5, 5.41) is 15.4. The molecule has 0 bridgehead atoms. The zero-order chi connectivity index (χ0) is 11.8. The average Bonchev–Trinajstić information content (AvgIpc) is 2.22. The molecule has 1 rings (SSSR count). The SMILES string of the molecule is CN[C@@H](C)C(=O)O.O=C1NCCNC1=O. The first kappa shape index (κ1) is 13.4. The highest BCUT2D eigenvalue weighted by molar-refractivity contribution is 6.35. The van der Waals surface area contributed by atoms with Crippen molar-refractivity contribution in [3.05, 3.63) is 0 Å². The Morgan fingerprint density at radius 2 is 1.73 bits per heavy atom. The van der Waals surface area contributed by atoms with E-state index in [4.69, 9.17) is 5.11 Å². The van der Waals surface area contributed by atoms with Crippen LogP contribution in [-0.4, -0.2) is 49.1 Å². The normalized spacial score (nSPS) is 16.7. The molecule has 0 aromatic rings. The van der Waals surface area contributed by atoms with Crippen LogP contribution in [0.4, 0.5) is 0 Å². The Balaban J connectivity index is 0.000000265. The van der Waals surface area contributed by atoms with Crippen molar-refractivity contribution in [3.63, 3.8) is 0 Å². The molecule has 1 atom stereocenters. The molecule has 0 unspecified atom stereocenters. The third kappa shape index (κ3) is 5.63. The molecule has 0 spiro atoms. The molecule has 0 saturated carbocycles. The van der Waals surface area contributed by atoms with Gasteiger partial charge in [0.2, 0.25) is 0 Å². The van der Waals surface area contributed by atoms with Crippen molar-refractivity contribution in [1.82, 2.24) is 16.0 Å². The molecule has 15 heavy (non-hydrogen) atoms. The van der Waals surface area contributed by atoms with E-state index in [1.165, 1.54) is 0 Å². The number of hydrogen-bond acceptors (Lipinski definition) is 4. The van der Waals surface area contributed by atoms with E-state index in [0.29, 0.717) is 13.1 Å². The molecular weight excluding hydrogens is 202 g/mol. The van der Waals surface area contributed by atoms with E-state index >= 15 is 0 Å². The first-order valence-corrected chi connectivity index (χ1v) is 4.45. The molecule has 7 heteroatoms. The summed E-state index contributed by atoms with van der Waals surface area (Å²) >= 11 is 0. The Morgan fingerprint density at radius 1 is 1.33 bits per heavy atom. The number of aliphatic carboxylic acids is 1. The molecule has 0 radical (unpaired) electrons. The Labute approximate surface area is 87.2 Å². The second-order valence-corrected chi connectivity index (χ2v) is 2.86. The fourth-order valence-corrected chi connectivity index (χ4v) is 0.636. The molecule has 86 valence electrons. The van der Waals surface area contributed by atoms with Crippen LogP contribution < -0.4 is 16.0 Å². The zero-order valence-electron chi connectivity index (χ0n) is 8.66. The summed E-state index contributed by atoms with van der Waals surface area (Å²) in [7, 11) is 1.61. The topological polar surface area (TPSA) is 108 Å². The fraction of sp³-hybridized carbons (Fsp3) is 0.625. The standard InChI is InChI=1S/C4H6N2O2.C4H9NO2/c7-3-4(8)6-2-1-5-3;1-3(5-2)4(6)7/h1-2H2,(H,5,7)(H,6,8);3,5H,1-2H3,(H,6,7)/t;3-/m.0/s1. The largest absolute Gasteiger partial charge is 0.480 e. The van der Waals surface area contributed by atoms with Gasteiger partial charge in [0.05, 0.1) is 0 Å². The van der Waals surface area contributed by atoms with Gasteiger partial charge in [0.25, 0.3) is 0 Å². The van der Waals surface area contributed by atoms with E-state index in [2.05, 4.69) is 16.0 Å². The number of piperazine rings is 1. The molecule has 1 aliphatic heterocycles. The highest BCUT2D eigenvalue weighted by Crippen LogP contribution is 1.74. The summed E-state index contributed by atoms with van der Waals surface area (Å²) < 4.78 is 0. The number of likely N-dealkylation sites (N-methyl/N-ethyl adjacent to an activating group) is 1. The molecule has 0 aromatic carbocycles. The van der Waals surface area contributed by atoms with Crippen molar-refractivity contribution in [1.29, 1.82) is 0 Å². The molecule has 0 aliphatic carbocycles. The van der Waals surface area contributed by atoms with E-state index < -0.39 is 23.8 Å². The van der Waals surface area contributed by atoms with Gasteiger partial charge in [-0.05, 0) is 14.0 Å². The van der Waals surface area contributed by atoms with E-state index in [1.54, 1.807) is 14.0 Å². The lowest BCUT2D eigenvalue weighted by Crippen LogP contribution is -2.49. The minimum absolute atomic E-state index is 0.431. The van der Waals surface area contributed by atoms with Crippen molar-refractivity contribution in [3.8, 4) is 0 Å². The molecule has 4 N–H and O–H groups in total. The Kier molecular flexibility index (Phi) is 6.03. The fourth-order valence-electron chi connectivity index (χ4n) is 0.636. The van der Waals surface area contributed by atoms with Crippen molar-refractivity contribution in [2.75, 3.05) is 20.1 Å². The van der Waals surface area contributed by atoms with Gasteiger partial charge in [0.1, 0.15) is 6.04 Å². The maximum atomic E-state index is 10.3. The Bertz CT molecular complexity index is 238. The predicted molar refractivity (Wildman–Crippen MR) is 52.2 cm³/mol. The van der Waals surface area contributed by atoms with Crippen LogP contribution in [0.5, 0.6) is 0 Å². The minimum atomic E-state index is -0.817. The van der Waals surface area contributed by atoms with E-state index in [0.717, 1.165) is 0 Å². The summed E-state index contributed by atoms with van der Waals surface area (Å²) in [6.07, 6.45) is 0. The molecule has 1 saturated heterocycles. The maximum Gasteiger partial charge on any atom is 0.320 e. The monoisotopic (exact) mass is 217 g/mol. The lowest BCUT2D eigenvalue weighted by Gasteiger charge is -2.10. The lowest BCUT2D eigenvalue weighted by molar-refractivity contribution is -0.140. The number of nitrogens with one attached hydrogen (secondary N) is 3. The highest BCUT2D eigenvalue weighted by Gasteiger charge is 2.15. The molecule has 0 aromatic heterocycles. The van der Waals surface area contributed by atoms with Crippen LogP contribution >= 0.6 is 0 Å². The van der Waals surface area contributed by atoms with E-state index in [-0.39, 0.29) is 0 Å². The van der Waals surface area contributed by atoms with E-state index in [9.17, 15) is 14.4 Å². The summed E-state index contributed by atoms with van der Waals surface area (Å²) in [6.45, 7) is 2.68. The van der Waals surface area contributed by atoms with Crippen LogP contribution in [-0.2, 0) is 14.4 Å². The Hall–Kier alpha value is -1.63. The van der Waals surface area contributed by atoms with Gasteiger partial charge in [0.15, 0.2) is 0 Å². The molecule has 7 nitrogen and oxygen atoms in total. The van der Waals surface area contributed by atoms with Crippen LogP contribution in [0.15, 0.2) is 0 Å². The number of rotatable bonds is 2. The van der Waals surface area contributed by atoms with Crippen LogP contribution in [0.25, 0.3) is 0 Å². The van der Waals surface area contributed by atoms with Crippen molar-refractivity contribution in [2.45, 2.75) is 13.0 Å². The Morgan fingerprint density at radius 3 is 1.87 bits per heavy atom. The molecular formula is C8H15N3O4. The van der Waals surface area contributed by atoms with Gasteiger partial charge in [-0.3, -0.25) is 14.4 Å². The van der Waals surface area contributed by atoms with Gasteiger partial charge in [0, 0.05) is 13.1 Å². The van der Waals surface area contributed by atoms with E-state index in [1.807, 2.05) is 0 Å². The van der Waals surface area contributed by atoms with Crippen LogP contribution in [0, 0.1) is 0 Å². The van der Waals surface area contributed by atoms with Gasteiger partial charge in [-0.15, -0.1) is 0 Å². The summed E-state index contributed by atoms with van der Waals surface area (Å²) in [4.78, 5) is 30.4. The minimum Gasteiger partial charge on any atom is -0.480 e. The van der Waals surface area contributed by atoms with Crippen molar-refractivity contribution >= 4 is 17.8 Å². The predicted octanol–water partition coefficient (Wildman–Crippen LogP) is -2.09. The van der Waals surface area contributed by atoms with Gasteiger partial charge < -0.3 is 21.1 Å². The maximum absolute atomic E-state index is 10.3. The second-order valence-electron chi connectivity index (χ2n) is 2.86. The highest BCUT2D eigenvalue weighted by atomic mass is 16.4. The summed E-state index contributed by atoms with van der Waals surface area (Å²) in [6, 6.07) is -0.431. The number of carboxylic acids is 1. The average molecular weight is 217 g/mol. The van der Waals surface area contributed by atoms with Gasteiger partial charge in [-0.1, -0.05) is 0 Å². The first-order chi connectivity index (χ1) is 6.99. The second kappa shape index (κ2) is 6.77. The quantitative estimate of drug-likeness (QED) is 0.397. The molecule has 1 aliphatic rings. The smallest absolute Gasteiger partial charge is 0.320 e. The van der Waals surface area contributed by atoms with Crippen molar-refractivity contribution < 1.29 is 19.5 Å². The molecule has 2 amide bonds. The summed E-state index contributed by atoms with van der Waals surface area (Å²) in [5.41, 5.74) is 0. The number of carbonyl (C=O) groups excluding carboxylic acids is 2. The van der Waals surface area contributed by atoms with Crippen molar-refractivity contribution in [2.24, 2.45) is 0 Å². The van der Waals surface area contributed by atoms with Crippen LogP contribution in [0.2, 0.25) is 0 Å². The molecule has 1 fully saturated rings. The first-order valence-electron chi connectivity index (χ1n) is 4.45. The van der Waals surface area contributed by atoms with Crippen LogP contribution in [0.3, 0.4) is 0 Å². The lowest BCUT2D eigenvalue weighted by atomic mass is 10.4.